The second-order valence-corrected chi connectivity index (χ2v) is 9.48. The zero-order valence-electron chi connectivity index (χ0n) is 18.3. The Morgan fingerprint density at radius 1 is 1.12 bits per heavy atom. The number of hydrogen-bond donors (Lipinski definition) is 1. The lowest BCUT2D eigenvalue weighted by Crippen LogP contribution is -2.61. The number of fused-ring (bicyclic) bond motifs is 2. The van der Waals surface area contributed by atoms with Crippen LogP contribution < -0.4 is 5.32 Å². The van der Waals surface area contributed by atoms with E-state index in [1.54, 1.807) is 4.90 Å². The molecule has 0 saturated carbocycles. The van der Waals surface area contributed by atoms with Gasteiger partial charge in [-0.25, -0.2) is 0 Å². The number of carbonyl (C=O) groups is 2. The van der Waals surface area contributed by atoms with Gasteiger partial charge >= 0.3 is 0 Å². The predicted molar refractivity (Wildman–Crippen MR) is 136 cm³/mol. The summed E-state index contributed by atoms with van der Waals surface area (Å²) < 4.78 is 3.04. The van der Waals surface area contributed by atoms with Crippen LogP contribution in [-0.4, -0.2) is 40.4 Å². The van der Waals surface area contributed by atoms with E-state index in [4.69, 9.17) is 0 Å². The van der Waals surface area contributed by atoms with Crippen LogP contribution in [0.5, 0.6) is 0 Å². The Kier molecular flexibility index (Phi) is 5.54. The van der Waals surface area contributed by atoms with Crippen LogP contribution in [0.1, 0.15) is 5.56 Å². The average molecular weight is 502 g/mol. The van der Waals surface area contributed by atoms with Gasteiger partial charge in [-0.1, -0.05) is 58.9 Å². The van der Waals surface area contributed by atoms with Crippen molar-refractivity contribution in [2.24, 2.45) is 0 Å². The fourth-order valence-corrected chi connectivity index (χ4v) is 5.20. The molecule has 0 spiro atoms. The van der Waals surface area contributed by atoms with Gasteiger partial charge in [-0.15, -0.1) is 0 Å². The third kappa shape index (κ3) is 4.07. The third-order valence-electron chi connectivity index (χ3n) is 6.23. The SMILES string of the molecule is C=CC(=O)N1CC(NC(=O)Cn2cc(-c3ccc4ccccc4c3)c3cc(Br)cc(C)c32)C1. The highest BCUT2D eigenvalue weighted by Crippen LogP contribution is 2.36. The third-order valence-corrected chi connectivity index (χ3v) is 6.69. The largest absolute Gasteiger partial charge is 0.348 e. The molecule has 5 nitrogen and oxygen atoms in total. The van der Waals surface area contributed by atoms with Crippen LogP contribution in [0.4, 0.5) is 0 Å². The van der Waals surface area contributed by atoms with Crippen LogP contribution in [0.3, 0.4) is 0 Å². The minimum atomic E-state index is -0.0990. The average Bonchev–Trinajstić information content (AvgIpc) is 3.13. The van der Waals surface area contributed by atoms with Crippen LogP contribution in [0.15, 0.2) is 77.9 Å². The number of amides is 2. The maximum absolute atomic E-state index is 12.8. The number of carbonyl (C=O) groups excluding carboxylic acids is 2. The van der Waals surface area contributed by atoms with Gasteiger partial charge in [0.1, 0.15) is 6.54 Å². The number of rotatable bonds is 5. The van der Waals surface area contributed by atoms with Crippen LogP contribution in [0.25, 0.3) is 32.8 Å². The highest BCUT2D eigenvalue weighted by molar-refractivity contribution is 9.10. The summed E-state index contributed by atoms with van der Waals surface area (Å²) in [4.78, 5) is 26.1. The molecule has 1 aliphatic heterocycles. The van der Waals surface area contributed by atoms with Crippen molar-refractivity contribution in [3.63, 3.8) is 0 Å². The standard InChI is InChI=1S/C27H24BrN3O2/c1-3-26(33)30-13-22(14-30)29-25(32)16-31-15-24(23-12-21(28)10-17(2)27(23)31)20-9-8-18-6-4-5-7-19(18)11-20/h3-12,15,22H,1,13-14,16H2,2H3,(H,29,32). The number of nitrogens with zero attached hydrogens (tertiary/aromatic N) is 2. The number of aryl methyl sites for hydroxylation is 1. The molecule has 0 unspecified atom stereocenters. The molecular formula is C27H24BrN3O2. The topological polar surface area (TPSA) is 54.3 Å². The van der Waals surface area contributed by atoms with Gasteiger partial charge in [-0.05, 0) is 53.1 Å². The summed E-state index contributed by atoms with van der Waals surface area (Å²) in [7, 11) is 0. The van der Waals surface area contributed by atoms with E-state index >= 15 is 0 Å². The molecule has 166 valence electrons. The molecular weight excluding hydrogens is 478 g/mol. The Labute approximate surface area is 200 Å². The first-order valence-electron chi connectivity index (χ1n) is 10.9. The molecule has 5 rings (SSSR count). The summed E-state index contributed by atoms with van der Waals surface area (Å²) in [5, 5.41) is 6.54. The summed E-state index contributed by atoms with van der Waals surface area (Å²) in [6.07, 6.45) is 3.38. The monoisotopic (exact) mass is 501 g/mol. The number of hydrogen-bond acceptors (Lipinski definition) is 2. The molecule has 2 amide bonds. The zero-order valence-corrected chi connectivity index (χ0v) is 19.9. The van der Waals surface area contributed by atoms with Crippen LogP contribution in [0, 0.1) is 6.92 Å². The van der Waals surface area contributed by atoms with Gasteiger partial charge in [0.25, 0.3) is 0 Å². The minimum absolute atomic E-state index is 0.0153. The molecule has 1 saturated heterocycles. The van der Waals surface area contributed by atoms with Gasteiger partial charge in [0.05, 0.1) is 11.6 Å². The number of halogens is 1. The summed E-state index contributed by atoms with van der Waals surface area (Å²) in [5.41, 5.74) is 4.37. The van der Waals surface area contributed by atoms with Crippen molar-refractivity contribution in [2.45, 2.75) is 19.5 Å². The number of likely N-dealkylation sites (tertiary alicyclic amines) is 1. The summed E-state index contributed by atoms with van der Waals surface area (Å²) in [5.74, 6) is -0.159. The molecule has 0 bridgehead atoms. The van der Waals surface area contributed by atoms with Gasteiger partial charge < -0.3 is 14.8 Å². The highest BCUT2D eigenvalue weighted by Gasteiger charge is 2.30. The van der Waals surface area contributed by atoms with E-state index in [9.17, 15) is 9.59 Å². The van der Waals surface area contributed by atoms with Crippen molar-refractivity contribution < 1.29 is 9.59 Å². The lowest BCUT2D eigenvalue weighted by atomic mass is 10.00. The number of nitrogens with one attached hydrogen (secondary N) is 1. The fraction of sp³-hybridized carbons (Fsp3) is 0.185. The molecule has 4 aromatic rings. The second-order valence-electron chi connectivity index (χ2n) is 8.56. The molecule has 1 aromatic heterocycles. The van der Waals surface area contributed by atoms with Crippen molar-refractivity contribution in [1.82, 2.24) is 14.8 Å². The molecule has 1 aliphatic rings. The van der Waals surface area contributed by atoms with Crippen molar-refractivity contribution >= 4 is 49.4 Å². The van der Waals surface area contributed by atoms with E-state index < -0.39 is 0 Å². The summed E-state index contributed by atoms with van der Waals surface area (Å²) in [6, 6.07) is 19.0. The molecule has 0 aliphatic carbocycles. The first kappa shape index (κ1) is 21.5. The fourth-order valence-electron chi connectivity index (χ4n) is 4.63. The molecule has 0 atom stereocenters. The Balaban J connectivity index is 1.46. The van der Waals surface area contributed by atoms with Crippen molar-refractivity contribution in [3.8, 4) is 11.1 Å². The Morgan fingerprint density at radius 2 is 1.88 bits per heavy atom. The van der Waals surface area contributed by atoms with Gasteiger partial charge in [0, 0.05) is 34.7 Å². The van der Waals surface area contributed by atoms with E-state index in [1.165, 1.54) is 16.8 Å². The van der Waals surface area contributed by atoms with E-state index in [1.807, 2.05) is 16.7 Å². The van der Waals surface area contributed by atoms with Crippen molar-refractivity contribution in [1.29, 1.82) is 0 Å². The summed E-state index contributed by atoms with van der Waals surface area (Å²) in [6.45, 7) is 6.84. The van der Waals surface area contributed by atoms with E-state index in [2.05, 4.69) is 83.4 Å². The van der Waals surface area contributed by atoms with Crippen molar-refractivity contribution in [2.75, 3.05) is 13.1 Å². The van der Waals surface area contributed by atoms with Crippen LogP contribution >= 0.6 is 15.9 Å². The smallest absolute Gasteiger partial charge is 0.246 e. The highest BCUT2D eigenvalue weighted by atomic mass is 79.9. The lowest BCUT2D eigenvalue weighted by molar-refractivity contribution is -0.133. The van der Waals surface area contributed by atoms with Gasteiger partial charge in [0.15, 0.2) is 0 Å². The van der Waals surface area contributed by atoms with Gasteiger partial charge in [-0.3, -0.25) is 9.59 Å². The minimum Gasteiger partial charge on any atom is -0.348 e. The van der Waals surface area contributed by atoms with Crippen LogP contribution in [0.2, 0.25) is 0 Å². The second kappa shape index (κ2) is 8.52. The quantitative estimate of drug-likeness (QED) is 0.389. The Hall–Kier alpha value is -3.38. The Bertz CT molecular complexity index is 1420. The molecule has 6 heteroatoms. The number of aromatic nitrogens is 1. The van der Waals surface area contributed by atoms with E-state index in [-0.39, 0.29) is 24.4 Å². The van der Waals surface area contributed by atoms with E-state index in [0.717, 1.165) is 32.1 Å². The normalized spacial score (nSPS) is 13.8. The van der Waals surface area contributed by atoms with Gasteiger partial charge in [-0.2, -0.15) is 0 Å². The summed E-state index contributed by atoms with van der Waals surface area (Å²) >= 11 is 3.63. The predicted octanol–water partition coefficient (Wildman–Crippen LogP) is 5.05. The molecule has 2 heterocycles. The molecule has 1 fully saturated rings. The molecule has 33 heavy (non-hydrogen) atoms. The molecule has 0 radical (unpaired) electrons. The zero-order chi connectivity index (χ0) is 23.1. The maximum Gasteiger partial charge on any atom is 0.246 e. The van der Waals surface area contributed by atoms with Crippen molar-refractivity contribution in [3.05, 3.63) is 83.5 Å². The number of benzene rings is 3. The first-order chi connectivity index (χ1) is 15.9. The molecule has 1 N–H and O–H groups in total. The Morgan fingerprint density at radius 3 is 2.64 bits per heavy atom. The van der Waals surface area contributed by atoms with E-state index in [0.29, 0.717) is 13.1 Å². The molecule has 3 aromatic carbocycles. The lowest BCUT2D eigenvalue weighted by Gasteiger charge is -2.38. The van der Waals surface area contributed by atoms with Crippen LogP contribution in [-0.2, 0) is 16.1 Å². The first-order valence-corrected chi connectivity index (χ1v) is 11.7. The maximum atomic E-state index is 12.8. The van der Waals surface area contributed by atoms with Gasteiger partial charge in [0.2, 0.25) is 11.8 Å².